The van der Waals surface area contributed by atoms with Gasteiger partial charge in [0, 0.05) is 42.8 Å². The van der Waals surface area contributed by atoms with Crippen LogP contribution in [0.3, 0.4) is 0 Å². The molecular formula is C28H29N5O5. The van der Waals surface area contributed by atoms with Crippen LogP contribution in [0.2, 0.25) is 0 Å². The van der Waals surface area contributed by atoms with Gasteiger partial charge in [0.1, 0.15) is 23.0 Å². The van der Waals surface area contributed by atoms with Crippen molar-refractivity contribution in [3.05, 3.63) is 54.4 Å². The number of amides is 1. The largest absolute Gasteiger partial charge is 0.480 e. The predicted octanol–water partition coefficient (Wildman–Crippen LogP) is 3.83. The zero-order valence-corrected chi connectivity index (χ0v) is 21.1. The highest BCUT2D eigenvalue weighted by atomic mass is 16.5. The van der Waals surface area contributed by atoms with Gasteiger partial charge in [-0.3, -0.25) is 4.79 Å². The maximum absolute atomic E-state index is 13.0. The van der Waals surface area contributed by atoms with Crippen LogP contribution in [0.4, 0.5) is 17.2 Å². The highest BCUT2D eigenvalue weighted by molar-refractivity contribution is 6.06. The Morgan fingerprint density at radius 3 is 2.74 bits per heavy atom. The summed E-state index contributed by atoms with van der Waals surface area (Å²) in [7, 11) is 0. The first kappa shape index (κ1) is 24.2. The van der Waals surface area contributed by atoms with Crippen LogP contribution < -0.4 is 15.1 Å². The van der Waals surface area contributed by atoms with E-state index in [9.17, 15) is 14.7 Å². The number of anilines is 3. The van der Waals surface area contributed by atoms with Crippen LogP contribution in [0, 0.1) is 12.8 Å². The molecule has 10 heteroatoms. The number of carbonyl (C=O) groups excluding carboxylic acids is 1. The third kappa shape index (κ3) is 4.63. The predicted molar refractivity (Wildman–Crippen MR) is 144 cm³/mol. The Hall–Kier alpha value is -4.18. The molecule has 2 aromatic carbocycles. The molecule has 0 aliphatic carbocycles. The van der Waals surface area contributed by atoms with Gasteiger partial charge in [-0.25, -0.2) is 14.8 Å². The minimum absolute atomic E-state index is 0.145. The van der Waals surface area contributed by atoms with Gasteiger partial charge < -0.3 is 29.4 Å². The Bertz CT molecular complexity index is 1510. The number of hydrogen-bond donors (Lipinski definition) is 2. The number of aromatic nitrogens is 2. The highest BCUT2D eigenvalue weighted by Crippen LogP contribution is 2.37. The van der Waals surface area contributed by atoms with Crippen molar-refractivity contribution >= 4 is 51.1 Å². The summed E-state index contributed by atoms with van der Waals surface area (Å²) < 4.78 is 11.5. The van der Waals surface area contributed by atoms with Crippen LogP contribution in [0.5, 0.6) is 0 Å². The zero-order chi connectivity index (χ0) is 26.2. The number of aryl methyl sites for hydroxylation is 1. The van der Waals surface area contributed by atoms with Gasteiger partial charge in [-0.15, -0.1) is 0 Å². The monoisotopic (exact) mass is 515 g/mol. The molecule has 2 fully saturated rings. The Balaban J connectivity index is 1.21. The molecule has 2 aliphatic rings. The summed E-state index contributed by atoms with van der Waals surface area (Å²) in [6.07, 6.45) is 0.538. The van der Waals surface area contributed by atoms with E-state index < -0.39 is 12.0 Å². The second-order valence-electron chi connectivity index (χ2n) is 9.88. The molecule has 196 valence electrons. The average Bonchev–Trinajstić information content (AvgIpc) is 3.51. The van der Waals surface area contributed by atoms with E-state index >= 15 is 0 Å². The van der Waals surface area contributed by atoms with Crippen molar-refractivity contribution in [1.82, 2.24) is 9.97 Å². The number of fused-ring (bicyclic) bond motifs is 3. The quantitative estimate of drug-likeness (QED) is 0.395. The number of carboxylic acids is 1. The molecule has 2 atom stereocenters. The van der Waals surface area contributed by atoms with Crippen molar-refractivity contribution in [2.45, 2.75) is 25.8 Å². The van der Waals surface area contributed by atoms with Crippen molar-refractivity contribution in [3.8, 4) is 0 Å². The normalized spacial score (nSPS) is 19.8. The third-order valence-electron chi connectivity index (χ3n) is 7.24. The van der Waals surface area contributed by atoms with Gasteiger partial charge in [0.15, 0.2) is 11.4 Å². The van der Waals surface area contributed by atoms with E-state index in [1.165, 1.54) is 0 Å². The van der Waals surface area contributed by atoms with Crippen molar-refractivity contribution in [3.63, 3.8) is 0 Å². The summed E-state index contributed by atoms with van der Waals surface area (Å²) in [6, 6.07) is 14.5. The number of furan rings is 1. The van der Waals surface area contributed by atoms with Crippen LogP contribution >= 0.6 is 0 Å². The maximum atomic E-state index is 13.0. The molecule has 6 rings (SSSR count). The topological polar surface area (TPSA) is 121 Å². The van der Waals surface area contributed by atoms with Crippen LogP contribution in [-0.4, -0.2) is 65.8 Å². The fourth-order valence-electron chi connectivity index (χ4n) is 5.50. The van der Waals surface area contributed by atoms with Crippen LogP contribution in [0.15, 0.2) is 52.9 Å². The molecule has 2 aliphatic heterocycles. The molecule has 0 spiro atoms. The SMILES string of the molecule is Cc1nc(N2C[C@@H](CC(=O)Nc3cccc(N4CCOCC4)c3)C[C@H]2C(=O)O)c2oc3ccccc3c2n1. The summed E-state index contributed by atoms with van der Waals surface area (Å²) in [4.78, 5) is 38.4. The molecule has 10 nitrogen and oxygen atoms in total. The number of aliphatic carboxylic acids is 1. The number of hydrogen-bond acceptors (Lipinski definition) is 8. The van der Waals surface area contributed by atoms with E-state index in [0.29, 0.717) is 54.5 Å². The molecule has 0 radical (unpaired) electrons. The number of ether oxygens (including phenoxy) is 1. The van der Waals surface area contributed by atoms with E-state index in [-0.39, 0.29) is 18.2 Å². The number of morpholine rings is 1. The third-order valence-corrected chi connectivity index (χ3v) is 7.24. The number of para-hydroxylation sites is 1. The van der Waals surface area contributed by atoms with E-state index in [4.69, 9.17) is 9.15 Å². The number of carboxylic acid groups (broad SMARTS) is 1. The standard InChI is InChI=1S/C28H29N5O5/c1-17-29-25-21-7-2-3-8-23(21)38-26(25)27(30-17)33-16-18(13-22(33)28(35)36)14-24(34)31-19-5-4-6-20(15-19)32-9-11-37-12-10-32/h2-8,15,18,22H,9-14,16H2,1H3,(H,31,34)(H,35,36)/t18-,22+/m1/s1. The van der Waals surface area contributed by atoms with Gasteiger partial charge in [0.05, 0.1) is 13.2 Å². The van der Waals surface area contributed by atoms with Crippen molar-refractivity contribution < 1.29 is 23.8 Å². The molecule has 38 heavy (non-hydrogen) atoms. The van der Waals surface area contributed by atoms with Gasteiger partial charge in [0.25, 0.3) is 0 Å². The zero-order valence-electron chi connectivity index (χ0n) is 21.1. The van der Waals surface area contributed by atoms with Gasteiger partial charge in [0.2, 0.25) is 5.91 Å². The van der Waals surface area contributed by atoms with Gasteiger partial charge in [-0.2, -0.15) is 0 Å². The van der Waals surface area contributed by atoms with Gasteiger partial charge >= 0.3 is 5.97 Å². The molecular weight excluding hydrogens is 486 g/mol. The number of nitrogens with zero attached hydrogens (tertiary/aromatic N) is 4. The smallest absolute Gasteiger partial charge is 0.326 e. The fourth-order valence-corrected chi connectivity index (χ4v) is 5.50. The lowest BCUT2D eigenvalue weighted by Crippen LogP contribution is -2.36. The molecule has 4 heterocycles. The van der Waals surface area contributed by atoms with E-state index in [0.717, 1.165) is 29.9 Å². The summed E-state index contributed by atoms with van der Waals surface area (Å²) in [6.45, 7) is 5.16. The van der Waals surface area contributed by atoms with Crippen molar-refractivity contribution in [1.29, 1.82) is 0 Å². The second kappa shape index (κ2) is 9.94. The van der Waals surface area contributed by atoms with E-state index in [1.54, 1.807) is 11.8 Å². The van der Waals surface area contributed by atoms with E-state index in [2.05, 4.69) is 20.2 Å². The molecule has 2 saturated heterocycles. The molecule has 2 aromatic heterocycles. The first-order valence-corrected chi connectivity index (χ1v) is 12.8. The number of benzene rings is 2. The lowest BCUT2D eigenvalue weighted by molar-refractivity contribution is -0.138. The molecule has 0 saturated carbocycles. The molecule has 2 N–H and O–H groups in total. The fraction of sp³-hybridized carbons (Fsp3) is 0.357. The number of rotatable bonds is 6. The summed E-state index contributed by atoms with van der Waals surface area (Å²) in [5.41, 5.74) is 3.56. The Morgan fingerprint density at radius 1 is 1.11 bits per heavy atom. The summed E-state index contributed by atoms with van der Waals surface area (Å²) in [5, 5.41) is 13.9. The lowest BCUT2D eigenvalue weighted by atomic mass is 10.0. The van der Waals surface area contributed by atoms with Crippen molar-refractivity contribution in [2.24, 2.45) is 5.92 Å². The first-order chi connectivity index (χ1) is 18.5. The molecule has 4 aromatic rings. The van der Waals surface area contributed by atoms with E-state index in [1.807, 2.05) is 48.5 Å². The molecule has 0 bridgehead atoms. The van der Waals surface area contributed by atoms with Crippen LogP contribution in [0.1, 0.15) is 18.7 Å². The van der Waals surface area contributed by atoms with Crippen LogP contribution in [0.25, 0.3) is 22.1 Å². The Morgan fingerprint density at radius 2 is 1.92 bits per heavy atom. The Labute approximate surface area is 219 Å². The van der Waals surface area contributed by atoms with Crippen LogP contribution in [-0.2, 0) is 14.3 Å². The second-order valence-corrected chi connectivity index (χ2v) is 9.88. The average molecular weight is 516 g/mol. The van der Waals surface area contributed by atoms with Crippen molar-refractivity contribution in [2.75, 3.05) is 48.0 Å². The molecule has 1 amide bonds. The molecule has 0 unspecified atom stereocenters. The van der Waals surface area contributed by atoms with Gasteiger partial charge in [-0.1, -0.05) is 18.2 Å². The minimum Gasteiger partial charge on any atom is -0.480 e. The summed E-state index contributed by atoms with van der Waals surface area (Å²) >= 11 is 0. The number of carbonyl (C=O) groups is 2. The van der Waals surface area contributed by atoms with Gasteiger partial charge in [-0.05, 0) is 49.6 Å². The minimum atomic E-state index is -0.952. The Kier molecular flexibility index (Phi) is 6.32. The highest BCUT2D eigenvalue weighted by Gasteiger charge is 2.40. The first-order valence-electron chi connectivity index (χ1n) is 12.8. The maximum Gasteiger partial charge on any atom is 0.326 e. The summed E-state index contributed by atoms with van der Waals surface area (Å²) in [5.74, 6) is -0.269. The number of nitrogens with one attached hydrogen (secondary N) is 1. The lowest BCUT2D eigenvalue weighted by Gasteiger charge is -2.29.